The van der Waals surface area contributed by atoms with Gasteiger partial charge in [0.2, 0.25) is 0 Å². The molecule has 0 aliphatic heterocycles. The molecule has 7 nitrogen and oxygen atoms in total. The zero-order chi connectivity index (χ0) is 35.9. The Labute approximate surface area is 287 Å². The molecule has 46 heavy (non-hydrogen) atoms. The quantitative estimate of drug-likeness (QED) is 0.0634. The van der Waals surface area contributed by atoms with Crippen LogP contribution < -0.4 is 10.2 Å². The first-order valence-corrected chi connectivity index (χ1v) is 25.4. The van der Waals surface area contributed by atoms with E-state index in [0.29, 0.717) is 0 Å². The molecule has 0 heterocycles. The number of hydrogen-bond donors (Lipinski definition) is 1. The van der Waals surface area contributed by atoms with Gasteiger partial charge in [0, 0.05) is 26.9 Å². The maximum absolute atomic E-state index is 10.2. The van der Waals surface area contributed by atoms with Gasteiger partial charge in [0.1, 0.15) is 5.25 Å². The molecular weight excluding hydrogens is 638 g/mol. The summed E-state index contributed by atoms with van der Waals surface area (Å²) in [5, 5.41) is 17.3. The van der Waals surface area contributed by atoms with Crippen LogP contribution in [0.25, 0.3) is 0 Å². The minimum absolute atomic E-state index is 0.562. The Balaban J connectivity index is -0.000000614. The summed E-state index contributed by atoms with van der Waals surface area (Å²) in [7, 11) is -6.07. The number of hydrogen-bond acceptors (Lipinski definition) is 6. The van der Waals surface area contributed by atoms with Crippen LogP contribution in [0.3, 0.4) is 0 Å². The molecule has 0 fully saturated rings. The molecule has 0 rings (SSSR count). The van der Waals surface area contributed by atoms with E-state index in [1.165, 1.54) is 103 Å². The summed E-state index contributed by atoms with van der Waals surface area (Å²) in [6.45, 7) is 18.8. The molecule has 0 saturated heterocycles. The van der Waals surface area contributed by atoms with Crippen molar-refractivity contribution >= 4 is 36.6 Å². The fourth-order valence-electron chi connectivity index (χ4n) is 5.75. The van der Waals surface area contributed by atoms with Crippen LogP contribution in [-0.2, 0) is 19.7 Å². The molecule has 278 valence electrons. The van der Waals surface area contributed by atoms with E-state index in [-0.39, 0.29) is 0 Å². The first-order valence-electron chi connectivity index (χ1n) is 18.8. The van der Waals surface area contributed by atoms with Crippen molar-refractivity contribution in [3.63, 3.8) is 0 Å². The number of aliphatic carboxylic acids is 2. The summed E-state index contributed by atoms with van der Waals surface area (Å²) in [6.07, 6.45) is 34.6. The molecule has 10 heteroatoms. The Morgan fingerprint density at radius 2 is 0.696 bits per heavy atom. The predicted molar refractivity (Wildman–Crippen MR) is 202 cm³/mol. The van der Waals surface area contributed by atoms with Crippen LogP contribution in [0.2, 0.25) is 0 Å². The lowest BCUT2D eigenvalue weighted by Gasteiger charge is -2.28. The van der Waals surface area contributed by atoms with E-state index >= 15 is 0 Å². The van der Waals surface area contributed by atoms with Crippen LogP contribution in [0.15, 0.2) is 0 Å². The van der Waals surface area contributed by atoms with Crippen molar-refractivity contribution in [2.24, 2.45) is 0 Å². The van der Waals surface area contributed by atoms with Gasteiger partial charge in [-0.25, -0.2) is 0 Å². The molecule has 0 aromatic rings. The van der Waals surface area contributed by atoms with Crippen LogP contribution in [-0.4, -0.2) is 79.5 Å². The first-order chi connectivity index (χ1) is 21.7. The van der Waals surface area contributed by atoms with E-state index < -0.39 is 48.3 Å². The van der Waals surface area contributed by atoms with Crippen LogP contribution in [0.1, 0.15) is 165 Å². The lowest BCUT2D eigenvalue weighted by molar-refractivity contribution is -0.314. The third-order valence-corrected chi connectivity index (χ3v) is 20.1. The van der Waals surface area contributed by atoms with Crippen molar-refractivity contribution in [1.29, 1.82) is 0 Å². The highest BCUT2D eigenvalue weighted by Gasteiger charge is 2.35. The van der Waals surface area contributed by atoms with E-state index in [4.69, 9.17) is 4.55 Å². The Hall–Kier alpha value is -0.290. The minimum atomic E-state index is -4.94. The highest BCUT2D eigenvalue weighted by Crippen LogP contribution is 2.62. The van der Waals surface area contributed by atoms with Crippen molar-refractivity contribution in [2.45, 2.75) is 170 Å². The smallest absolute Gasteiger partial charge is 0.273 e. The fraction of sp³-hybridized carbons (Fsp3) is 0.944. The fourth-order valence-corrected chi connectivity index (χ4v) is 16.9. The van der Waals surface area contributed by atoms with E-state index in [9.17, 15) is 28.2 Å². The largest absolute Gasteiger partial charge is 0.550 e. The molecular formula is C36H76O7P2S. The lowest BCUT2D eigenvalue weighted by Crippen LogP contribution is -2.44. The van der Waals surface area contributed by atoms with E-state index in [0.717, 1.165) is 0 Å². The number of carboxylic acid groups (broad SMARTS) is 2. The predicted octanol–water partition coefficient (Wildman–Crippen LogP) is 8.54. The lowest BCUT2D eigenvalue weighted by atomic mass is 10.3. The number of carbonyl (C=O) groups is 2. The Kier molecular flexibility index (Phi) is 34.8. The van der Waals surface area contributed by atoms with Gasteiger partial charge in [-0.05, 0) is 51.4 Å². The summed E-state index contributed by atoms with van der Waals surface area (Å²) >= 11 is 0. The molecule has 0 aliphatic rings. The third-order valence-electron chi connectivity index (χ3n) is 8.86. The van der Waals surface area contributed by atoms with Gasteiger partial charge in [0.25, 0.3) is 10.1 Å². The van der Waals surface area contributed by atoms with Crippen molar-refractivity contribution < 1.29 is 32.8 Å². The zero-order valence-corrected chi connectivity index (χ0v) is 34.1. The standard InChI is InChI=1S/2C16H36P.C4H6O7S/c2*1-5-9-13-17(14-10-6-2,15-11-7-3)16-12-8-4;5-3(6)1-2(4(7)8)12(9,10)11/h2*5-16H2,1-4H3;2H,1H2,(H,5,6)(H,7,8)(H,9,10,11)/q2*+1;/p-2. The van der Waals surface area contributed by atoms with Crippen molar-refractivity contribution in [3.8, 4) is 0 Å². The van der Waals surface area contributed by atoms with Crippen molar-refractivity contribution in [1.82, 2.24) is 0 Å². The summed E-state index contributed by atoms with van der Waals surface area (Å²) in [5.41, 5.74) is 0. The van der Waals surface area contributed by atoms with Crippen LogP contribution in [0, 0.1) is 0 Å². The SMILES string of the molecule is CCCC[P+](CCCC)(CCCC)CCCC.CCCC[P+](CCCC)(CCCC)CCCC.O=C([O-])CC(C(=O)[O-])S(=O)(=O)O. The number of unbranched alkanes of at least 4 members (excludes halogenated alkanes) is 8. The Morgan fingerprint density at radius 1 is 0.500 bits per heavy atom. The van der Waals surface area contributed by atoms with Crippen LogP contribution in [0.5, 0.6) is 0 Å². The highest BCUT2D eigenvalue weighted by atomic mass is 32.2. The summed E-state index contributed by atoms with van der Waals surface area (Å²) in [5.74, 6) is -4.08. The van der Waals surface area contributed by atoms with Gasteiger partial charge in [0.15, 0.2) is 0 Å². The average molecular weight is 715 g/mol. The van der Waals surface area contributed by atoms with Gasteiger partial charge in [0.05, 0.1) is 55.3 Å². The maximum atomic E-state index is 10.2. The normalized spacial score (nSPS) is 12.5. The Morgan fingerprint density at radius 3 is 0.783 bits per heavy atom. The second-order valence-electron chi connectivity index (χ2n) is 13.2. The molecule has 1 unspecified atom stereocenters. The topological polar surface area (TPSA) is 135 Å². The van der Waals surface area contributed by atoms with E-state index in [1.807, 2.05) is 0 Å². The summed E-state index contributed by atoms with van der Waals surface area (Å²) in [6, 6.07) is 0. The minimum Gasteiger partial charge on any atom is -0.550 e. The molecule has 0 aliphatic carbocycles. The number of carbonyl (C=O) groups excluding carboxylic acids is 2. The molecule has 0 saturated carbocycles. The van der Waals surface area contributed by atoms with Crippen molar-refractivity contribution in [2.75, 3.05) is 49.3 Å². The maximum Gasteiger partial charge on any atom is 0.273 e. The first kappa shape index (κ1) is 50.1. The van der Waals surface area contributed by atoms with Gasteiger partial charge in [-0.15, -0.1) is 0 Å². The average Bonchev–Trinajstić information content (AvgIpc) is 3.02. The highest BCUT2D eigenvalue weighted by molar-refractivity contribution is 7.87. The Bertz CT molecular complexity index is 710. The third kappa shape index (κ3) is 27.6. The van der Waals surface area contributed by atoms with Crippen LogP contribution in [0.4, 0.5) is 0 Å². The molecule has 0 amide bonds. The molecule has 1 N–H and O–H groups in total. The molecule has 0 aromatic heterocycles. The van der Waals surface area contributed by atoms with Crippen LogP contribution >= 0.6 is 14.5 Å². The monoisotopic (exact) mass is 714 g/mol. The van der Waals surface area contributed by atoms with Gasteiger partial charge < -0.3 is 19.8 Å². The van der Waals surface area contributed by atoms with Gasteiger partial charge in [-0.3, -0.25) is 4.55 Å². The second-order valence-corrected chi connectivity index (χ2v) is 23.7. The van der Waals surface area contributed by atoms with Gasteiger partial charge in [-0.1, -0.05) is 107 Å². The molecule has 0 radical (unpaired) electrons. The van der Waals surface area contributed by atoms with Crippen molar-refractivity contribution in [3.05, 3.63) is 0 Å². The molecule has 0 bridgehead atoms. The van der Waals surface area contributed by atoms with Gasteiger partial charge in [-0.2, -0.15) is 8.42 Å². The molecule has 0 spiro atoms. The molecule has 0 aromatic carbocycles. The second kappa shape index (κ2) is 31.9. The number of carboxylic acids is 2. The molecule has 1 atom stereocenters. The summed E-state index contributed by atoms with van der Waals surface area (Å²) < 4.78 is 28.5. The van der Waals surface area contributed by atoms with Gasteiger partial charge >= 0.3 is 0 Å². The van der Waals surface area contributed by atoms with E-state index in [1.54, 1.807) is 49.3 Å². The zero-order valence-electron chi connectivity index (χ0n) is 31.5. The summed E-state index contributed by atoms with van der Waals surface area (Å²) in [4.78, 5) is 19.7. The number of rotatable bonds is 28. The van der Waals surface area contributed by atoms with E-state index in [2.05, 4.69) is 55.4 Å².